The maximum atomic E-state index is 12.1. The van der Waals surface area contributed by atoms with Gasteiger partial charge in [0, 0.05) is 6.92 Å². The van der Waals surface area contributed by atoms with Gasteiger partial charge >= 0.3 is 0 Å². The summed E-state index contributed by atoms with van der Waals surface area (Å²) in [5.41, 5.74) is 0. The van der Waals surface area contributed by atoms with Crippen LogP contribution in [0.2, 0.25) is 0 Å². The average molecular weight is 692 g/mol. The number of carbonyl (C=O) groups is 1. The topological polar surface area (TPSA) is 336 Å². The molecule has 4 aliphatic heterocycles. The largest absolute Gasteiger partial charge is 0.394 e. The fourth-order valence-corrected chi connectivity index (χ4v) is 5.88. The van der Waals surface area contributed by atoms with E-state index in [4.69, 9.17) is 33.2 Å². The molecule has 4 fully saturated rings. The highest BCUT2D eigenvalue weighted by Crippen LogP contribution is 2.34. The Bertz CT molecular complexity index is 1010. The first kappa shape index (κ1) is 38.5. The SMILES string of the molecule is CC(=O)N[C@@H]1[C@@H](O[C@@H]2O[C@H](CO)[C@H](O)[C@H](O[C@H]3O[C@H](CO)[C@H](O)[C@H](O)[C@H]3O)[C@H]2O)[C@H](O[C@H]2O[C@@H](C)[C@@H](O)[C@@H](O)[C@@H]2O)[C@@H](CO)O[C@H]1O. The molecule has 0 bridgehead atoms. The predicted octanol–water partition coefficient (Wildman–Crippen LogP) is -8.58. The molecule has 4 heterocycles. The summed E-state index contributed by atoms with van der Waals surface area (Å²) >= 11 is 0. The Balaban J connectivity index is 1.64. The van der Waals surface area contributed by atoms with Gasteiger partial charge in [0.25, 0.3) is 0 Å². The van der Waals surface area contributed by atoms with Gasteiger partial charge in [-0.05, 0) is 6.92 Å². The van der Waals surface area contributed by atoms with Gasteiger partial charge in [0.15, 0.2) is 25.2 Å². The third kappa shape index (κ3) is 8.04. The Morgan fingerprint density at radius 2 is 1.02 bits per heavy atom. The third-order valence-electron chi connectivity index (χ3n) is 8.57. The van der Waals surface area contributed by atoms with E-state index in [1.54, 1.807) is 0 Å². The van der Waals surface area contributed by atoms with Gasteiger partial charge < -0.3 is 99.8 Å². The summed E-state index contributed by atoms with van der Waals surface area (Å²) < 4.78 is 39.2. The molecule has 0 spiro atoms. The molecule has 47 heavy (non-hydrogen) atoms. The molecule has 4 saturated heterocycles. The lowest BCUT2D eigenvalue weighted by Gasteiger charge is -2.50. The monoisotopic (exact) mass is 691 g/mol. The Kier molecular flexibility index (Phi) is 13.2. The van der Waals surface area contributed by atoms with Crippen LogP contribution in [0.25, 0.3) is 0 Å². The van der Waals surface area contributed by atoms with E-state index in [2.05, 4.69) is 5.32 Å². The number of hydrogen-bond acceptors (Lipinski definition) is 20. The second-order valence-electron chi connectivity index (χ2n) is 11.9. The van der Waals surface area contributed by atoms with E-state index in [0.29, 0.717) is 0 Å². The van der Waals surface area contributed by atoms with Gasteiger partial charge in [-0.25, -0.2) is 0 Å². The number of aliphatic hydroxyl groups excluding tert-OH is 12. The molecule has 0 radical (unpaired) electrons. The minimum atomic E-state index is -2.04. The van der Waals surface area contributed by atoms with E-state index in [1.165, 1.54) is 6.92 Å². The molecule has 0 saturated carbocycles. The average Bonchev–Trinajstić information content (AvgIpc) is 3.04. The van der Waals surface area contributed by atoms with Crippen molar-refractivity contribution in [1.82, 2.24) is 5.32 Å². The van der Waals surface area contributed by atoms with Crippen LogP contribution in [-0.4, -0.2) is 210 Å². The summed E-state index contributed by atoms with van der Waals surface area (Å²) in [6.07, 6.45) is -32.5. The lowest BCUT2D eigenvalue weighted by atomic mass is 9.94. The van der Waals surface area contributed by atoms with E-state index < -0.39 is 148 Å². The maximum Gasteiger partial charge on any atom is 0.217 e. The molecule has 0 unspecified atom stereocenters. The van der Waals surface area contributed by atoms with Crippen molar-refractivity contribution in [1.29, 1.82) is 0 Å². The fourth-order valence-electron chi connectivity index (χ4n) is 5.88. The Labute approximate surface area is 267 Å². The predicted molar refractivity (Wildman–Crippen MR) is 144 cm³/mol. The zero-order valence-corrected chi connectivity index (χ0v) is 25.3. The molecule has 1 amide bonds. The van der Waals surface area contributed by atoms with E-state index in [1.807, 2.05) is 0 Å². The second kappa shape index (κ2) is 16.2. The molecule has 0 aliphatic carbocycles. The van der Waals surface area contributed by atoms with Crippen molar-refractivity contribution in [3.63, 3.8) is 0 Å². The van der Waals surface area contributed by atoms with Gasteiger partial charge in [0.1, 0.15) is 91.5 Å². The van der Waals surface area contributed by atoms with Crippen molar-refractivity contribution in [2.24, 2.45) is 0 Å². The summed E-state index contributed by atoms with van der Waals surface area (Å²) in [4.78, 5) is 12.1. The lowest BCUT2D eigenvalue weighted by molar-refractivity contribution is -0.384. The van der Waals surface area contributed by atoms with Gasteiger partial charge in [-0.1, -0.05) is 0 Å². The summed E-state index contributed by atoms with van der Waals surface area (Å²) in [7, 11) is 0. The smallest absolute Gasteiger partial charge is 0.217 e. The molecule has 4 aliphatic rings. The van der Waals surface area contributed by atoms with E-state index >= 15 is 0 Å². The zero-order chi connectivity index (χ0) is 34.9. The van der Waals surface area contributed by atoms with Gasteiger partial charge in [-0.2, -0.15) is 0 Å². The molecular formula is C26H45NO20. The number of aliphatic hydroxyl groups is 12. The molecule has 0 aromatic heterocycles. The van der Waals surface area contributed by atoms with Crippen LogP contribution in [0.3, 0.4) is 0 Å². The Morgan fingerprint density at radius 1 is 0.553 bits per heavy atom. The minimum absolute atomic E-state index is 0.717. The van der Waals surface area contributed by atoms with Crippen LogP contribution >= 0.6 is 0 Å². The molecule has 20 atom stereocenters. The first-order chi connectivity index (χ1) is 22.1. The van der Waals surface area contributed by atoms with Crippen LogP contribution in [-0.2, 0) is 38.0 Å². The summed E-state index contributed by atoms with van der Waals surface area (Å²) in [6, 6.07) is -1.55. The second-order valence-corrected chi connectivity index (χ2v) is 11.9. The highest BCUT2D eigenvalue weighted by Gasteiger charge is 2.55. The first-order valence-electron chi connectivity index (χ1n) is 15.0. The van der Waals surface area contributed by atoms with Crippen molar-refractivity contribution >= 4 is 5.91 Å². The van der Waals surface area contributed by atoms with Crippen LogP contribution in [0.4, 0.5) is 0 Å². The van der Waals surface area contributed by atoms with Crippen LogP contribution in [0.1, 0.15) is 13.8 Å². The van der Waals surface area contributed by atoms with Crippen LogP contribution in [0.5, 0.6) is 0 Å². The third-order valence-corrected chi connectivity index (χ3v) is 8.57. The van der Waals surface area contributed by atoms with Crippen LogP contribution in [0.15, 0.2) is 0 Å². The summed E-state index contributed by atoms with van der Waals surface area (Å²) in [6.45, 7) is -0.108. The van der Waals surface area contributed by atoms with Crippen molar-refractivity contribution in [2.45, 2.75) is 137 Å². The number of hydrogen-bond donors (Lipinski definition) is 13. The van der Waals surface area contributed by atoms with Crippen molar-refractivity contribution in [2.75, 3.05) is 19.8 Å². The highest BCUT2D eigenvalue weighted by molar-refractivity contribution is 5.73. The number of ether oxygens (including phenoxy) is 7. The summed E-state index contributed by atoms with van der Waals surface area (Å²) in [5.74, 6) is -0.717. The quantitative estimate of drug-likeness (QED) is 0.101. The summed E-state index contributed by atoms with van der Waals surface area (Å²) in [5, 5.41) is 126. The molecule has 21 heteroatoms. The van der Waals surface area contributed by atoms with Crippen molar-refractivity contribution < 1.29 is 99.2 Å². The lowest BCUT2D eigenvalue weighted by Crippen LogP contribution is -2.70. The van der Waals surface area contributed by atoms with E-state index in [0.717, 1.165) is 6.92 Å². The zero-order valence-electron chi connectivity index (χ0n) is 25.3. The molecule has 21 nitrogen and oxygen atoms in total. The van der Waals surface area contributed by atoms with Crippen molar-refractivity contribution in [3.8, 4) is 0 Å². The number of nitrogens with one attached hydrogen (secondary N) is 1. The molecule has 13 N–H and O–H groups in total. The molecule has 0 aromatic carbocycles. The molecule has 0 aromatic rings. The van der Waals surface area contributed by atoms with Crippen molar-refractivity contribution in [3.05, 3.63) is 0 Å². The van der Waals surface area contributed by atoms with E-state index in [-0.39, 0.29) is 0 Å². The Morgan fingerprint density at radius 3 is 1.57 bits per heavy atom. The fraction of sp³-hybridized carbons (Fsp3) is 0.962. The van der Waals surface area contributed by atoms with Gasteiger partial charge in [0.2, 0.25) is 5.91 Å². The van der Waals surface area contributed by atoms with Gasteiger partial charge in [-0.15, -0.1) is 0 Å². The molecule has 274 valence electrons. The number of rotatable bonds is 10. The van der Waals surface area contributed by atoms with Gasteiger partial charge in [-0.3, -0.25) is 4.79 Å². The first-order valence-corrected chi connectivity index (χ1v) is 15.0. The van der Waals surface area contributed by atoms with Crippen LogP contribution < -0.4 is 5.32 Å². The van der Waals surface area contributed by atoms with Gasteiger partial charge in [0.05, 0.1) is 25.9 Å². The highest BCUT2D eigenvalue weighted by atomic mass is 16.8. The molecule has 4 rings (SSSR count). The molecular weight excluding hydrogens is 646 g/mol. The minimum Gasteiger partial charge on any atom is -0.394 e. The van der Waals surface area contributed by atoms with Crippen LogP contribution in [0, 0.1) is 0 Å². The Hall–Kier alpha value is -1.29. The standard InChI is InChI=1S/C26H45NO20/c1-6-12(32)15(35)17(37)24(41-6)45-20-10(5-30)42-23(40)11(27-7(2)31)21(20)46-26-19(39)22(14(34)9(4-29)44-26)47-25-18(38)16(36)13(33)8(3-28)43-25/h6,8-26,28-30,32-40H,3-5H2,1-2H3,(H,27,31)/t6-,8+,9+,10+,11+,12+,13-,14-,15+,16-,17-,18+,19+,20+,21+,22-,23+,24+,25+,26-/m0/s1. The number of amides is 1. The maximum absolute atomic E-state index is 12.1. The number of carbonyl (C=O) groups excluding carboxylic acids is 1. The normalized spacial score (nSPS) is 51.0. The van der Waals surface area contributed by atoms with E-state index in [9.17, 15) is 66.1 Å².